The van der Waals surface area contributed by atoms with Crippen LogP contribution in [0.3, 0.4) is 0 Å². The molecular weight excluding hydrogens is 250 g/mol. The van der Waals surface area contributed by atoms with E-state index in [1.165, 1.54) is 4.90 Å². The molecule has 1 heterocycles. The molecule has 0 aromatic heterocycles. The Kier molecular flexibility index (Phi) is 6.32. The average molecular weight is 271 g/mol. The molecule has 0 bridgehead atoms. The van der Waals surface area contributed by atoms with Gasteiger partial charge in [-0.1, -0.05) is 12.8 Å². The molecule has 1 unspecified atom stereocenters. The average Bonchev–Trinajstić information content (AvgIpc) is 2.61. The third-order valence-electron chi connectivity index (χ3n) is 3.21. The summed E-state index contributed by atoms with van der Waals surface area (Å²) in [5.74, 6) is -1.66. The second-order valence-corrected chi connectivity index (χ2v) is 4.60. The molecule has 0 spiro atoms. The number of nitrogens with zero attached hydrogens (tertiary/aromatic N) is 1. The van der Waals surface area contributed by atoms with Gasteiger partial charge in [0.1, 0.15) is 6.04 Å². The van der Waals surface area contributed by atoms with Crippen molar-refractivity contribution in [3.8, 4) is 0 Å². The number of rotatable bonds is 5. The molecule has 1 amide bonds. The van der Waals surface area contributed by atoms with Gasteiger partial charge in [0, 0.05) is 13.0 Å². The summed E-state index contributed by atoms with van der Waals surface area (Å²) in [6.45, 7) is 2.45. The van der Waals surface area contributed by atoms with Gasteiger partial charge >= 0.3 is 11.9 Å². The summed E-state index contributed by atoms with van der Waals surface area (Å²) in [6, 6.07) is -0.753. The van der Waals surface area contributed by atoms with Gasteiger partial charge in [0.05, 0.1) is 13.0 Å². The van der Waals surface area contributed by atoms with E-state index in [0.29, 0.717) is 13.0 Å². The van der Waals surface area contributed by atoms with E-state index in [1.54, 1.807) is 6.92 Å². The molecule has 1 atom stereocenters. The summed E-state index contributed by atoms with van der Waals surface area (Å²) in [6.07, 6.45) is 3.08. The third-order valence-corrected chi connectivity index (χ3v) is 3.21. The van der Waals surface area contributed by atoms with E-state index in [-0.39, 0.29) is 25.4 Å². The Morgan fingerprint density at radius 1 is 1.21 bits per heavy atom. The molecule has 1 saturated heterocycles. The van der Waals surface area contributed by atoms with Crippen molar-refractivity contribution in [3.63, 3.8) is 0 Å². The van der Waals surface area contributed by atoms with Crippen molar-refractivity contribution in [1.82, 2.24) is 4.90 Å². The fourth-order valence-corrected chi connectivity index (χ4v) is 2.25. The molecule has 1 aliphatic rings. The molecular formula is C13H21NO5. The van der Waals surface area contributed by atoms with Gasteiger partial charge in [0.2, 0.25) is 5.91 Å². The zero-order valence-corrected chi connectivity index (χ0v) is 11.3. The van der Waals surface area contributed by atoms with Crippen molar-refractivity contribution < 1.29 is 24.2 Å². The van der Waals surface area contributed by atoms with Gasteiger partial charge in [-0.15, -0.1) is 0 Å². The zero-order valence-electron chi connectivity index (χ0n) is 11.3. The Bertz CT molecular complexity index is 342. The van der Waals surface area contributed by atoms with Gasteiger partial charge in [0.15, 0.2) is 0 Å². The van der Waals surface area contributed by atoms with E-state index in [4.69, 9.17) is 9.84 Å². The minimum absolute atomic E-state index is 0.00944. The SMILES string of the molecule is CCOC(=O)CCC(=O)N1CCCCCC1C(=O)O. The van der Waals surface area contributed by atoms with E-state index in [1.807, 2.05) is 0 Å². The lowest BCUT2D eigenvalue weighted by Gasteiger charge is -2.26. The number of likely N-dealkylation sites (tertiary alicyclic amines) is 1. The summed E-state index contributed by atoms with van der Waals surface area (Å²) < 4.78 is 4.75. The van der Waals surface area contributed by atoms with Gasteiger partial charge in [-0.3, -0.25) is 9.59 Å². The second kappa shape index (κ2) is 7.76. The number of amides is 1. The minimum Gasteiger partial charge on any atom is -0.480 e. The highest BCUT2D eigenvalue weighted by Crippen LogP contribution is 2.18. The molecule has 0 aromatic carbocycles. The van der Waals surface area contributed by atoms with Crippen LogP contribution in [0.5, 0.6) is 0 Å². The van der Waals surface area contributed by atoms with E-state index < -0.39 is 18.0 Å². The van der Waals surface area contributed by atoms with E-state index >= 15 is 0 Å². The molecule has 0 aromatic rings. The molecule has 0 aliphatic carbocycles. The number of carboxylic acid groups (broad SMARTS) is 1. The Morgan fingerprint density at radius 2 is 1.95 bits per heavy atom. The van der Waals surface area contributed by atoms with Crippen LogP contribution in [0.25, 0.3) is 0 Å². The topological polar surface area (TPSA) is 83.9 Å². The molecule has 6 heteroatoms. The van der Waals surface area contributed by atoms with Crippen molar-refractivity contribution in [3.05, 3.63) is 0 Å². The molecule has 6 nitrogen and oxygen atoms in total. The monoisotopic (exact) mass is 271 g/mol. The van der Waals surface area contributed by atoms with Crippen molar-refractivity contribution in [2.45, 2.75) is 51.5 Å². The first-order valence-corrected chi connectivity index (χ1v) is 6.74. The summed E-state index contributed by atoms with van der Waals surface area (Å²) >= 11 is 0. The molecule has 1 fully saturated rings. The van der Waals surface area contributed by atoms with Crippen LogP contribution in [-0.4, -0.2) is 47.0 Å². The van der Waals surface area contributed by atoms with Crippen molar-refractivity contribution in [2.24, 2.45) is 0 Å². The number of hydrogen-bond donors (Lipinski definition) is 1. The highest BCUT2D eigenvalue weighted by atomic mass is 16.5. The van der Waals surface area contributed by atoms with Crippen LogP contribution in [0.15, 0.2) is 0 Å². The zero-order chi connectivity index (χ0) is 14.3. The largest absolute Gasteiger partial charge is 0.480 e. The number of carbonyl (C=O) groups excluding carboxylic acids is 2. The van der Waals surface area contributed by atoms with Gasteiger partial charge in [-0.2, -0.15) is 0 Å². The van der Waals surface area contributed by atoms with E-state index in [0.717, 1.165) is 19.3 Å². The Labute approximate surface area is 112 Å². The molecule has 19 heavy (non-hydrogen) atoms. The number of esters is 1. The maximum Gasteiger partial charge on any atom is 0.326 e. The predicted molar refractivity (Wildman–Crippen MR) is 67.5 cm³/mol. The highest BCUT2D eigenvalue weighted by Gasteiger charge is 2.30. The van der Waals surface area contributed by atoms with Crippen molar-refractivity contribution in [1.29, 1.82) is 0 Å². The molecule has 1 N–H and O–H groups in total. The van der Waals surface area contributed by atoms with E-state index in [2.05, 4.69) is 0 Å². The smallest absolute Gasteiger partial charge is 0.326 e. The first kappa shape index (κ1) is 15.5. The van der Waals surface area contributed by atoms with Gasteiger partial charge < -0.3 is 14.7 Å². The predicted octanol–water partition coefficient (Wildman–Crippen LogP) is 1.19. The highest BCUT2D eigenvalue weighted by molar-refractivity contribution is 5.85. The number of ether oxygens (including phenoxy) is 1. The summed E-state index contributed by atoms with van der Waals surface area (Å²) in [5.41, 5.74) is 0. The molecule has 108 valence electrons. The van der Waals surface area contributed by atoms with Crippen LogP contribution >= 0.6 is 0 Å². The second-order valence-electron chi connectivity index (χ2n) is 4.60. The number of aliphatic carboxylic acids is 1. The first-order valence-electron chi connectivity index (χ1n) is 6.74. The maximum atomic E-state index is 12.0. The van der Waals surface area contributed by atoms with E-state index in [9.17, 15) is 14.4 Å². The Balaban J connectivity index is 2.55. The normalized spacial score (nSPS) is 19.6. The van der Waals surface area contributed by atoms with Crippen LogP contribution in [-0.2, 0) is 19.1 Å². The Morgan fingerprint density at radius 3 is 2.58 bits per heavy atom. The molecule has 0 radical (unpaired) electrons. The Hall–Kier alpha value is -1.59. The number of carbonyl (C=O) groups is 3. The summed E-state index contributed by atoms with van der Waals surface area (Å²) in [4.78, 5) is 35.8. The molecule has 0 saturated carbocycles. The fourth-order valence-electron chi connectivity index (χ4n) is 2.25. The van der Waals surface area contributed by atoms with Crippen LogP contribution in [0.2, 0.25) is 0 Å². The fraction of sp³-hybridized carbons (Fsp3) is 0.769. The van der Waals surface area contributed by atoms with Crippen LogP contribution in [0.1, 0.15) is 45.4 Å². The van der Waals surface area contributed by atoms with Gasteiger partial charge in [0.25, 0.3) is 0 Å². The van der Waals surface area contributed by atoms with Crippen molar-refractivity contribution in [2.75, 3.05) is 13.2 Å². The standard InChI is InChI=1S/C13H21NO5/c1-2-19-12(16)8-7-11(15)14-9-5-3-4-6-10(14)13(17)18/h10H,2-9H2,1H3,(H,17,18). The first-order chi connectivity index (χ1) is 9.06. The minimum atomic E-state index is -0.966. The van der Waals surface area contributed by atoms with Crippen molar-refractivity contribution >= 4 is 17.8 Å². The lowest BCUT2D eigenvalue weighted by atomic mass is 10.1. The number of carboxylic acids is 1. The van der Waals surface area contributed by atoms with Crippen LogP contribution in [0.4, 0.5) is 0 Å². The summed E-state index contributed by atoms with van der Waals surface area (Å²) in [5, 5.41) is 9.16. The molecule has 1 aliphatic heterocycles. The quantitative estimate of drug-likeness (QED) is 0.759. The summed E-state index contributed by atoms with van der Waals surface area (Å²) in [7, 11) is 0. The lowest BCUT2D eigenvalue weighted by molar-refractivity contribution is -0.151. The maximum absolute atomic E-state index is 12.0. The van der Waals surface area contributed by atoms with Gasteiger partial charge in [-0.25, -0.2) is 4.79 Å². The van der Waals surface area contributed by atoms with Crippen LogP contribution in [0, 0.1) is 0 Å². The van der Waals surface area contributed by atoms with Crippen LogP contribution < -0.4 is 0 Å². The lowest BCUT2D eigenvalue weighted by Crippen LogP contribution is -2.44. The molecule has 1 rings (SSSR count). The van der Waals surface area contributed by atoms with Gasteiger partial charge in [-0.05, 0) is 19.8 Å². The number of hydrogen-bond acceptors (Lipinski definition) is 4. The third kappa shape index (κ3) is 4.89.